The van der Waals surface area contributed by atoms with E-state index in [0.29, 0.717) is 11.3 Å². The van der Waals surface area contributed by atoms with Gasteiger partial charge in [-0.2, -0.15) is 0 Å². The summed E-state index contributed by atoms with van der Waals surface area (Å²) < 4.78 is 10.9. The van der Waals surface area contributed by atoms with Gasteiger partial charge in [0.05, 0.1) is 0 Å². The molecule has 0 saturated carbocycles. The Balaban J connectivity index is 2.08. The Labute approximate surface area is 127 Å². The molecule has 0 saturated heterocycles. The zero-order valence-corrected chi connectivity index (χ0v) is 12.6. The number of aliphatic carboxylic acids is 1. The van der Waals surface area contributed by atoms with Gasteiger partial charge in [-0.05, 0) is 57.2 Å². The van der Waals surface area contributed by atoms with Gasteiger partial charge in [0.15, 0.2) is 5.60 Å². The number of hydrogen-bond acceptors (Lipinski definition) is 4. The lowest BCUT2D eigenvalue weighted by atomic mass is 9.91. The fourth-order valence-corrected chi connectivity index (χ4v) is 2.83. The van der Waals surface area contributed by atoms with Crippen molar-refractivity contribution in [3.05, 3.63) is 39.7 Å². The fourth-order valence-electron chi connectivity index (χ4n) is 2.83. The second-order valence-corrected chi connectivity index (χ2v) is 6.13. The molecular weight excluding hydrogens is 284 g/mol. The highest BCUT2D eigenvalue weighted by atomic mass is 16.5. The van der Waals surface area contributed by atoms with Gasteiger partial charge in [-0.1, -0.05) is 0 Å². The first-order valence-electron chi connectivity index (χ1n) is 7.39. The van der Waals surface area contributed by atoms with Gasteiger partial charge in [-0.3, -0.25) is 0 Å². The molecule has 116 valence electrons. The lowest BCUT2D eigenvalue weighted by molar-refractivity contribution is -0.152. The maximum absolute atomic E-state index is 12.1. The molecule has 22 heavy (non-hydrogen) atoms. The highest BCUT2D eigenvalue weighted by molar-refractivity contribution is 5.83. The molecule has 0 aliphatic heterocycles. The minimum Gasteiger partial charge on any atom is -0.478 e. The number of carboxylic acid groups (broad SMARTS) is 1. The van der Waals surface area contributed by atoms with Gasteiger partial charge in [0.2, 0.25) is 0 Å². The molecular formula is C17H18O5. The first kappa shape index (κ1) is 14.6. The summed E-state index contributed by atoms with van der Waals surface area (Å²) in [6, 6.07) is 5.16. The number of carbonyl (C=O) groups is 1. The molecule has 2 aromatic rings. The predicted octanol–water partition coefficient (Wildman–Crippen LogP) is 2.91. The predicted molar refractivity (Wildman–Crippen MR) is 81.5 cm³/mol. The molecule has 1 heterocycles. The third-order valence-electron chi connectivity index (χ3n) is 4.08. The summed E-state index contributed by atoms with van der Waals surface area (Å²) in [4.78, 5) is 23.2. The number of carboxylic acids is 1. The van der Waals surface area contributed by atoms with Gasteiger partial charge in [-0.15, -0.1) is 0 Å². The van der Waals surface area contributed by atoms with Crippen molar-refractivity contribution in [2.45, 2.75) is 45.1 Å². The highest BCUT2D eigenvalue weighted by Gasteiger charge is 2.29. The molecule has 1 aromatic carbocycles. The van der Waals surface area contributed by atoms with Gasteiger partial charge in [0, 0.05) is 17.0 Å². The van der Waals surface area contributed by atoms with E-state index in [4.69, 9.17) is 14.3 Å². The smallest absolute Gasteiger partial charge is 0.347 e. The number of ether oxygens (including phenoxy) is 1. The quantitative estimate of drug-likeness (QED) is 0.882. The van der Waals surface area contributed by atoms with Crippen molar-refractivity contribution < 1.29 is 19.1 Å². The number of rotatable bonds is 3. The molecule has 0 unspecified atom stereocenters. The zero-order chi connectivity index (χ0) is 15.9. The molecule has 1 N–H and O–H groups in total. The minimum atomic E-state index is -1.35. The van der Waals surface area contributed by atoms with E-state index in [1.165, 1.54) is 13.8 Å². The molecule has 0 spiro atoms. The van der Waals surface area contributed by atoms with E-state index in [1.54, 1.807) is 12.1 Å². The Hall–Kier alpha value is -2.30. The van der Waals surface area contributed by atoms with Crippen molar-refractivity contribution in [3.8, 4) is 5.75 Å². The fraction of sp³-hybridized carbons (Fsp3) is 0.412. The lowest BCUT2D eigenvalue weighted by Crippen LogP contribution is -2.37. The molecule has 0 atom stereocenters. The third kappa shape index (κ3) is 2.47. The average Bonchev–Trinajstić information content (AvgIpc) is 2.47. The SMILES string of the molecule is CC(C)(Oc1ccc2c3c(c(=O)oc2c1)CCCC3)C(=O)O. The Morgan fingerprint density at radius 2 is 1.91 bits per heavy atom. The highest BCUT2D eigenvalue weighted by Crippen LogP contribution is 2.30. The summed E-state index contributed by atoms with van der Waals surface area (Å²) in [5, 5.41) is 10.0. The molecule has 5 nitrogen and oxygen atoms in total. The molecule has 0 radical (unpaired) electrons. The number of aryl methyl sites for hydroxylation is 1. The largest absolute Gasteiger partial charge is 0.478 e. The van der Waals surface area contributed by atoms with E-state index in [2.05, 4.69) is 0 Å². The van der Waals surface area contributed by atoms with Gasteiger partial charge in [0.1, 0.15) is 11.3 Å². The van der Waals surface area contributed by atoms with Crippen LogP contribution in [0.1, 0.15) is 37.8 Å². The van der Waals surface area contributed by atoms with Crippen LogP contribution >= 0.6 is 0 Å². The maximum atomic E-state index is 12.1. The summed E-state index contributed by atoms with van der Waals surface area (Å²) in [7, 11) is 0. The van der Waals surface area contributed by atoms with Gasteiger partial charge in [-0.25, -0.2) is 9.59 Å². The second kappa shape index (κ2) is 5.16. The van der Waals surface area contributed by atoms with Crippen LogP contribution in [0.5, 0.6) is 5.75 Å². The average molecular weight is 302 g/mol. The van der Waals surface area contributed by atoms with Crippen LogP contribution in [0.25, 0.3) is 11.0 Å². The van der Waals surface area contributed by atoms with Crippen LogP contribution in [0.15, 0.2) is 27.4 Å². The van der Waals surface area contributed by atoms with Crippen LogP contribution in [0.2, 0.25) is 0 Å². The van der Waals surface area contributed by atoms with Gasteiger partial charge >= 0.3 is 11.6 Å². The van der Waals surface area contributed by atoms with E-state index < -0.39 is 11.6 Å². The van der Waals surface area contributed by atoms with Gasteiger partial charge in [0.25, 0.3) is 0 Å². The van der Waals surface area contributed by atoms with Crippen LogP contribution in [-0.2, 0) is 17.6 Å². The Morgan fingerprint density at radius 1 is 1.23 bits per heavy atom. The summed E-state index contributed by atoms with van der Waals surface area (Å²) in [5.41, 5.74) is 0.642. The van der Waals surface area contributed by atoms with Crippen molar-refractivity contribution in [1.29, 1.82) is 0 Å². The van der Waals surface area contributed by atoms with Crippen molar-refractivity contribution in [2.24, 2.45) is 0 Å². The molecule has 1 aromatic heterocycles. The van der Waals surface area contributed by atoms with Crippen LogP contribution in [0, 0.1) is 0 Å². The standard InChI is InChI=1S/C17H18O5/c1-17(2,16(19)20)22-10-7-8-12-11-5-3-4-6-13(11)15(18)21-14(12)9-10/h7-9H,3-6H2,1-2H3,(H,19,20). The number of hydrogen-bond donors (Lipinski definition) is 1. The maximum Gasteiger partial charge on any atom is 0.347 e. The molecule has 3 rings (SSSR count). The normalized spacial score (nSPS) is 14.6. The van der Waals surface area contributed by atoms with Crippen molar-refractivity contribution in [1.82, 2.24) is 0 Å². The first-order valence-corrected chi connectivity index (χ1v) is 7.39. The van der Waals surface area contributed by atoms with Crippen LogP contribution in [0.4, 0.5) is 0 Å². The van der Waals surface area contributed by atoms with E-state index in [0.717, 1.165) is 42.2 Å². The number of fused-ring (bicyclic) bond motifs is 3. The topological polar surface area (TPSA) is 76.7 Å². The molecule has 1 aliphatic carbocycles. The third-order valence-corrected chi connectivity index (χ3v) is 4.08. The summed E-state index contributed by atoms with van der Waals surface area (Å²) in [5.74, 6) is -0.682. The first-order chi connectivity index (χ1) is 10.4. The Bertz CT molecular complexity index is 801. The van der Waals surface area contributed by atoms with Crippen LogP contribution in [-0.4, -0.2) is 16.7 Å². The Kier molecular flexibility index (Phi) is 3.43. The van der Waals surface area contributed by atoms with E-state index in [1.807, 2.05) is 6.07 Å². The van der Waals surface area contributed by atoms with E-state index in [9.17, 15) is 9.59 Å². The zero-order valence-electron chi connectivity index (χ0n) is 12.6. The minimum absolute atomic E-state index is 0.295. The summed E-state index contributed by atoms with van der Waals surface area (Å²) in [6.45, 7) is 2.95. The molecule has 5 heteroatoms. The van der Waals surface area contributed by atoms with E-state index >= 15 is 0 Å². The summed E-state index contributed by atoms with van der Waals surface area (Å²) >= 11 is 0. The van der Waals surface area contributed by atoms with Crippen LogP contribution in [0.3, 0.4) is 0 Å². The monoisotopic (exact) mass is 302 g/mol. The molecule has 0 bridgehead atoms. The molecule has 1 aliphatic rings. The second-order valence-electron chi connectivity index (χ2n) is 6.13. The lowest BCUT2D eigenvalue weighted by Gasteiger charge is -2.22. The van der Waals surface area contributed by atoms with Crippen molar-refractivity contribution >= 4 is 16.9 Å². The molecule has 0 amide bonds. The Morgan fingerprint density at radius 3 is 2.59 bits per heavy atom. The number of benzene rings is 1. The van der Waals surface area contributed by atoms with Crippen LogP contribution < -0.4 is 10.4 Å². The van der Waals surface area contributed by atoms with E-state index in [-0.39, 0.29) is 5.63 Å². The van der Waals surface area contributed by atoms with Crippen molar-refractivity contribution in [2.75, 3.05) is 0 Å². The van der Waals surface area contributed by atoms with Gasteiger partial charge < -0.3 is 14.3 Å². The molecule has 0 fully saturated rings. The van der Waals surface area contributed by atoms with Crippen molar-refractivity contribution in [3.63, 3.8) is 0 Å². The summed E-state index contributed by atoms with van der Waals surface area (Å²) in [6.07, 6.45) is 3.71.